The van der Waals surface area contributed by atoms with Gasteiger partial charge in [0.15, 0.2) is 0 Å². The molecule has 0 aromatic heterocycles. The first-order chi connectivity index (χ1) is 10.0. The Balaban J connectivity index is 2.28. The number of hydrogen-bond acceptors (Lipinski definition) is 3. The number of methoxy groups -OCH3 is 1. The quantitative estimate of drug-likeness (QED) is 0.777. The third-order valence-electron chi connectivity index (χ3n) is 3.23. The first kappa shape index (κ1) is 15.8. The van der Waals surface area contributed by atoms with Crippen molar-refractivity contribution in [2.24, 2.45) is 5.73 Å². The van der Waals surface area contributed by atoms with E-state index in [0.717, 1.165) is 21.5 Å². The number of anilines is 1. The molecule has 0 aliphatic heterocycles. The van der Waals surface area contributed by atoms with Crippen LogP contribution in [0.4, 0.5) is 5.69 Å². The molecule has 0 fully saturated rings. The highest BCUT2D eigenvalue weighted by molar-refractivity contribution is 9.10. The highest BCUT2D eigenvalue weighted by atomic mass is 79.9. The van der Waals surface area contributed by atoms with Crippen LogP contribution in [0.2, 0.25) is 0 Å². The molecule has 2 rings (SSSR count). The van der Waals surface area contributed by atoms with Crippen molar-refractivity contribution >= 4 is 38.8 Å². The molecule has 2 aromatic carbocycles. The molecule has 0 saturated heterocycles. The van der Waals surface area contributed by atoms with E-state index in [9.17, 15) is 0 Å². The number of nitrogens with one attached hydrogen (secondary N) is 1. The molecule has 0 bridgehead atoms. The van der Waals surface area contributed by atoms with Crippen LogP contribution in [-0.4, -0.2) is 12.1 Å². The van der Waals surface area contributed by atoms with Gasteiger partial charge in [0, 0.05) is 27.8 Å². The van der Waals surface area contributed by atoms with Crippen molar-refractivity contribution in [3.8, 4) is 5.75 Å². The lowest BCUT2D eigenvalue weighted by Crippen LogP contribution is -2.15. The van der Waals surface area contributed by atoms with Gasteiger partial charge >= 0.3 is 0 Å². The summed E-state index contributed by atoms with van der Waals surface area (Å²) in [5, 5.41) is 3.44. The Morgan fingerprint density at radius 1 is 1.24 bits per heavy atom. The fraction of sp³-hybridized carbons (Fsp3) is 0.188. The topological polar surface area (TPSA) is 47.3 Å². The number of benzene rings is 2. The molecule has 1 unspecified atom stereocenters. The van der Waals surface area contributed by atoms with Crippen LogP contribution >= 0.6 is 28.1 Å². The van der Waals surface area contributed by atoms with Gasteiger partial charge in [-0.1, -0.05) is 40.3 Å². The molecule has 3 nitrogen and oxygen atoms in total. The van der Waals surface area contributed by atoms with Gasteiger partial charge in [-0.3, -0.25) is 0 Å². The number of rotatable bonds is 5. The van der Waals surface area contributed by atoms with Gasteiger partial charge in [0.25, 0.3) is 0 Å². The molecular weight excluding hydrogens is 348 g/mol. The predicted molar refractivity (Wildman–Crippen MR) is 95.1 cm³/mol. The Labute approximate surface area is 138 Å². The normalized spacial score (nSPS) is 11.8. The van der Waals surface area contributed by atoms with E-state index in [-0.39, 0.29) is 6.04 Å². The van der Waals surface area contributed by atoms with Gasteiger partial charge in [-0.05, 0) is 36.8 Å². The number of thiocarbonyl (C=S) groups is 1. The van der Waals surface area contributed by atoms with Crippen molar-refractivity contribution in [2.75, 3.05) is 12.4 Å². The Morgan fingerprint density at radius 2 is 1.90 bits per heavy atom. The van der Waals surface area contributed by atoms with Crippen LogP contribution in [0.15, 0.2) is 46.9 Å². The lowest BCUT2D eigenvalue weighted by molar-refractivity contribution is 0.415. The molecule has 0 saturated carbocycles. The van der Waals surface area contributed by atoms with Gasteiger partial charge in [0.1, 0.15) is 10.7 Å². The maximum atomic E-state index is 5.78. The zero-order valence-corrected chi connectivity index (χ0v) is 14.3. The van der Waals surface area contributed by atoms with Crippen molar-refractivity contribution in [3.63, 3.8) is 0 Å². The maximum absolute atomic E-state index is 5.78. The summed E-state index contributed by atoms with van der Waals surface area (Å²) in [6.45, 7) is 2.09. The molecule has 1 atom stereocenters. The Kier molecular flexibility index (Phi) is 5.20. The fourth-order valence-electron chi connectivity index (χ4n) is 2.05. The summed E-state index contributed by atoms with van der Waals surface area (Å²) < 4.78 is 6.32. The van der Waals surface area contributed by atoms with Crippen LogP contribution in [0.5, 0.6) is 5.75 Å². The highest BCUT2D eigenvalue weighted by Crippen LogP contribution is 2.27. The predicted octanol–water partition coefficient (Wildman–Crippen LogP) is 4.27. The first-order valence-electron chi connectivity index (χ1n) is 6.51. The summed E-state index contributed by atoms with van der Waals surface area (Å²) in [5.41, 5.74) is 8.65. The van der Waals surface area contributed by atoms with Crippen LogP contribution in [0.25, 0.3) is 0 Å². The molecule has 21 heavy (non-hydrogen) atoms. The third-order valence-corrected chi connectivity index (χ3v) is 3.98. The average molecular weight is 365 g/mol. The third kappa shape index (κ3) is 3.95. The van der Waals surface area contributed by atoms with Crippen molar-refractivity contribution in [1.82, 2.24) is 0 Å². The van der Waals surface area contributed by atoms with Crippen LogP contribution in [-0.2, 0) is 0 Å². The van der Waals surface area contributed by atoms with Crippen molar-refractivity contribution < 1.29 is 4.74 Å². The van der Waals surface area contributed by atoms with E-state index in [4.69, 9.17) is 22.7 Å². The monoisotopic (exact) mass is 364 g/mol. The number of halogens is 1. The molecule has 3 N–H and O–H groups in total. The van der Waals surface area contributed by atoms with Gasteiger partial charge in [-0.25, -0.2) is 0 Å². The van der Waals surface area contributed by atoms with Gasteiger partial charge in [0.2, 0.25) is 0 Å². The van der Waals surface area contributed by atoms with Crippen molar-refractivity contribution in [1.29, 1.82) is 0 Å². The van der Waals surface area contributed by atoms with Gasteiger partial charge in [0.05, 0.1) is 7.11 Å². The van der Waals surface area contributed by atoms with Crippen LogP contribution in [0.3, 0.4) is 0 Å². The second kappa shape index (κ2) is 6.91. The molecule has 0 spiro atoms. The molecule has 0 aliphatic rings. The van der Waals surface area contributed by atoms with Gasteiger partial charge in [-0.15, -0.1) is 0 Å². The Hall–Kier alpha value is -1.59. The second-order valence-corrected chi connectivity index (χ2v) is 6.05. The van der Waals surface area contributed by atoms with E-state index in [2.05, 4.69) is 40.3 Å². The van der Waals surface area contributed by atoms with E-state index in [1.54, 1.807) is 7.11 Å². The minimum atomic E-state index is 0.123. The molecule has 110 valence electrons. The highest BCUT2D eigenvalue weighted by Gasteiger charge is 2.11. The molecular formula is C16H17BrN2OS. The lowest BCUT2D eigenvalue weighted by Gasteiger charge is -2.19. The van der Waals surface area contributed by atoms with Crippen molar-refractivity contribution in [2.45, 2.75) is 13.0 Å². The number of ether oxygens (including phenoxy) is 1. The average Bonchev–Trinajstić information content (AvgIpc) is 2.47. The summed E-state index contributed by atoms with van der Waals surface area (Å²) in [6.07, 6.45) is 0. The number of hydrogen-bond donors (Lipinski definition) is 2. The summed E-state index contributed by atoms with van der Waals surface area (Å²) in [7, 11) is 1.64. The van der Waals surface area contributed by atoms with E-state index < -0.39 is 0 Å². The molecule has 0 aliphatic carbocycles. The minimum Gasteiger partial charge on any atom is -0.497 e. The lowest BCUT2D eigenvalue weighted by atomic mass is 10.1. The smallest absolute Gasteiger partial charge is 0.120 e. The van der Waals surface area contributed by atoms with E-state index in [1.807, 2.05) is 30.3 Å². The van der Waals surface area contributed by atoms with E-state index in [0.29, 0.717) is 4.99 Å². The SMILES string of the molecule is COc1ccc(C(N)=S)c(NC(C)c2ccc(Br)cc2)c1. The minimum absolute atomic E-state index is 0.123. The largest absolute Gasteiger partial charge is 0.497 e. The first-order valence-corrected chi connectivity index (χ1v) is 7.71. The van der Waals surface area contributed by atoms with E-state index >= 15 is 0 Å². The maximum Gasteiger partial charge on any atom is 0.120 e. The molecule has 0 amide bonds. The number of nitrogens with two attached hydrogens (primary N) is 1. The zero-order valence-electron chi connectivity index (χ0n) is 11.9. The van der Waals surface area contributed by atoms with Crippen LogP contribution in [0, 0.1) is 0 Å². The summed E-state index contributed by atoms with van der Waals surface area (Å²) >= 11 is 8.55. The molecule has 0 radical (unpaired) electrons. The van der Waals surface area contributed by atoms with Crippen LogP contribution in [0.1, 0.15) is 24.1 Å². The molecule has 5 heteroatoms. The van der Waals surface area contributed by atoms with E-state index in [1.165, 1.54) is 5.56 Å². The zero-order chi connectivity index (χ0) is 15.4. The molecule has 2 aromatic rings. The molecule has 0 heterocycles. The second-order valence-electron chi connectivity index (χ2n) is 4.69. The fourth-order valence-corrected chi connectivity index (χ4v) is 2.49. The van der Waals surface area contributed by atoms with Gasteiger partial charge < -0.3 is 15.8 Å². The summed E-state index contributed by atoms with van der Waals surface area (Å²) in [5.74, 6) is 0.764. The summed E-state index contributed by atoms with van der Waals surface area (Å²) in [6, 6.07) is 13.9. The van der Waals surface area contributed by atoms with Crippen LogP contribution < -0.4 is 15.8 Å². The van der Waals surface area contributed by atoms with Gasteiger partial charge in [-0.2, -0.15) is 0 Å². The standard InChI is InChI=1S/C16H17BrN2OS/c1-10(11-3-5-12(17)6-4-11)19-15-9-13(20-2)7-8-14(15)16(18)21/h3-10,19H,1-2H3,(H2,18,21). The summed E-state index contributed by atoms with van der Waals surface area (Å²) in [4.78, 5) is 0.364. The Morgan fingerprint density at radius 3 is 2.48 bits per heavy atom. The van der Waals surface area contributed by atoms with Crippen molar-refractivity contribution in [3.05, 3.63) is 58.1 Å². The Bertz CT molecular complexity index is 643.